The van der Waals surface area contributed by atoms with E-state index in [1.807, 2.05) is 11.0 Å². The van der Waals surface area contributed by atoms with E-state index in [1.165, 1.54) is 6.07 Å². The number of hydrogen-bond donors (Lipinski definition) is 2. The van der Waals surface area contributed by atoms with Crippen LogP contribution < -0.4 is 19.7 Å². The number of carbonyl (C=O) groups is 1. The molecule has 0 saturated carbocycles. The number of halogens is 1. The number of alkyl carbamates (subject to hydrolysis) is 1. The zero-order chi connectivity index (χ0) is 28.5. The molecule has 10 heteroatoms. The molecule has 0 aliphatic carbocycles. The lowest BCUT2D eigenvalue weighted by Gasteiger charge is -2.39. The van der Waals surface area contributed by atoms with Crippen LogP contribution in [0.15, 0.2) is 24.4 Å². The van der Waals surface area contributed by atoms with E-state index in [2.05, 4.69) is 29.1 Å². The van der Waals surface area contributed by atoms with Crippen LogP contribution >= 0.6 is 0 Å². The Labute approximate surface area is 231 Å². The van der Waals surface area contributed by atoms with Gasteiger partial charge in [0.25, 0.3) is 0 Å². The van der Waals surface area contributed by atoms with Crippen molar-refractivity contribution in [3.05, 3.63) is 30.2 Å². The van der Waals surface area contributed by atoms with E-state index in [1.54, 1.807) is 33.0 Å². The number of hydrogen-bond acceptors (Lipinski definition) is 8. The summed E-state index contributed by atoms with van der Waals surface area (Å²) >= 11 is 0. The summed E-state index contributed by atoms with van der Waals surface area (Å²) in [4.78, 5) is 22.7. The van der Waals surface area contributed by atoms with E-state index in [-0.39, 0.29) is 12.4 Å². The predicted octanol–water partition coefficient (Wildman–Crippen LogP) is 5.50. The molecule has 2 aromatic rings. The molecule has 3 heterocycles. The van der Waals surface area contributed by atoms with E-state index in [0.717, 1.165) is 25.7 Å². The normalized spacial score (nSPS) is 15.1. The van der Waals surface area contributed by atoms with Gasteiger partial charge in [0.2, 0.25) is 11.8 Å². The zero-order valence-electron chi connectivity index (χ0n) is 23.9. The van der Waals surface area contributed by atoms with Crippen LogP contribution in [0, 0.1) is 5.82 Å². The second-order valence-electron chi connectivity index (χ2n) is 11.0. The zero-order valence-corrected chi connectivity index (χ0v) is 23.9. The Morgan fingerprint density at radius 1 is 1.13 bits per heavy atom. The Morgan fingerprint density at radius 3 is 2.41 bits per heavy atom. The summed E-state index contributed by atoms with van der Waals surface area (Å²) in [5.41, 5.74) is -0.506. The van der Waals surface area contributed by atoms with Crippen LogP contribution in [0.5, 0.6) is 11.8 Å². The smallest absolute Gasteiger partial charge is 0.407 e. The fourth-order valence-corrected chi connectivity index (χ4v) is 4.14. The van der Waals surface area contributed by atoms with Gasteiger partial charge in [-0.15, -0.1) is 0 Å². The number of nitrogens with zero attached hydrogens (tertiary/aromatic N) is 3. The maximum atomic E-state index is 15.3. The lowest BCUT2D eigenvalue weighted by molar-refractivity contribution is 0.00784. The summed E-state index contributed by atoms with van der Waals surface area (Å²) in [6.07, 6.45) is 5.56. The van der Waals surface area contributed by atoms with Crippen LogP contribution in [0.25, 0.3) is 11.1 Å². The summed E-state index contributed by atoms with van der Waals surface area (Å²) in [5.74, 6) is 0.632. The van der Waals surface area contributed by atoms with Crippen LogP contribution in [-0.4, -0.2) is 65.2 Å². The largest absolute Gasteiger partial charge is 0.478 e. The maximum Gasteiger partial charge on any atom is 0.407 e. The van der Waals surface area contributed by atoms with Gasteiger partial charge in [0.1, 0.15) is 5.60 Å². The molecule has 1 amide bonds. The molecule has 0 radical (unpaired) electrons. The Bertz CT molecular complexity index is 1080. The van der Waals surface area contributed by atoms with Crippen LogP contribution in [0.2, 0.25) is 0 Å². The monoisotopic (exact) mass is 546 g/mol. The van der Waals surface area contributed by atoms with Gasteiger partial charge in [0.05, 0.1) is 18.8 Å². The van der Waals surface area contributed by atoms with Crippen LogP contribution in [-0.2, 0) is 4.74 Å². The Balaban J connectivity index is 1.67. The van der Waals surface area contributed by atoms with Crippen molar-refractivity contribution in [2.45, 2.75) is 84.3 Å². The molecule has 1 aliphatic rings. The highest BCUT2D eigenvalue weighted by atomic mass is 19.1. The highest BCUT2D eigenvalue weighted by molar-refractivity contribution is 5.70. The van der Waals surface area contributed by atoms with Crippen molar-refractivity contribution in [3.8, 4) is 22.9 Å². The van der Waals surface area contributed by atoms with Crippen molar-refractivity contribution in [3.63, 3.8) is 0 Å². The minimum atomic E-state index is -1.10. The summed E-state index contributed by atoms with van der Waals surface area (Å²) in [7, 11) is 0. The van der Waals surface area contributed by atoms with Gasteiger partial charge in [-0.05, 0) is 58.6 Å². The lowest BCUT2D eigenvalue weighted by atomic mass is 9.91. The average molecular weight is 547 g/mol. The summed E-state index contributed by atoms with van der Waals surface area (Å²) in [6, 6.07) is 5.03. The first-order valence-electron chi connectivity index (χ1n) is 13.9. The topological polar surface area (TPSA) is 106 Å². The molecule has 2 N–H and O–H groups in total. The quantitative estimate of drug-likeness (QED) is 0.337. The number of aromatic nitrogens is 2. The van der Waals surface area contributed by atoms with Crippen molar-refractivity contribution in [1.82, 2.24) is 15.3 Å². The van der Waals surface area contributed by atoms with Gasteiger partial charge in [-0.1, -0.05) is 26.7 Å². The second kappa shape index (κ2) is 13.8. The first-order valence-corrected chi connectivity index (χ1v) is 13.9. The van der Waals surface area contributed by atoms with Crippen molar-refractivity contribution in [1.29, 1.82) is 0 Å². The first-order chi connectivity index (χ1) is 18.5. The van der Waals surface area contributed by atoms with Crippen molar-refractivity contribution >= 4 is 11.9 Å². The molecule has 3 rings (SSSR count). The number of piperidine rings is 1. The maximum absolute atomic E-state index is 15.3. The predicted molar refractivity (Wildman–Crippen MR) is 149 cm³/mol. The lowest BCUT2D eigenvalue weighted by Crippen LogP contribution is -2.51. The highest BCUT2D eigenvalue weighted by Crippen LogP contribution is 2.33. The van der Waals surface area contributed by atoms with E-state index >= 15 is 4.39 Å². The molecule has 0 aromatic carbocycles. The van der Waals surface area contributed by atoms with Crippen molar-refractivity contribution in [2.75, 3.05) is 37.7 Å². The van der Waals surface area contributed by atoms with Crippen LogP contribution in [0.1, 0.15) is 73.1 Å². The highest BCUT2D eigenvalue weighted by Gasteiger charge is 2.34. The molecule has 2 aromatic heterocycles. The third-order valence-corrected chi connectivity index (χ3v) is 6.41. The van der Waals surface area contributed by atoms with Crippen molar-refractivity contribution < 1.29 is 28.5 Å². The van der Waals surface area contributed by atoms with Gasteiger partial charge >= 0.3 is 6.09 Å². The third kappa shape index (κ3) is 9.23. The molecule has 0 unspecified atom stereocenters. The third-order valence-electron chi connectivity index (χ3n) is 6.41. The van der Waals surface area contributed by atoms with E-state index in [0.29, 0.717) is 62.0 Å². The van der Waals surface area contributed by atoms with Gasteiger partial charge < -0.3 is 29.5 Å². The molecular weight excluding hydrogens is 503 g/mol. The second-order valence-corrected chi connectivity index (χ2v) is 11.0. The van der Waals surface area contributed by atoms with E-state index < -0.39 is 23.1 Å². The van der Waals surface area contributed by atoms with Crippen LogP contribution in [0.4, 0.5) is 15.0 Å². The van der Waals surface area contributed by atoms with Gasteiger partial charge in [0, 0.05) is 43.0 Å². The Morgan fingerprint density at radius 2 is 1.79 bits per heavy atom. The number of nitrogens with one attached hydrogen (secondary N) is 1. The summed E-state index contributed by atoms with van der Waals surface area (Å²) < 4.78 is 32.2. The van der Waals surface area contributed by atoms with Gasteiger partial charge in [0.15, 0.2) is 11.6 Å². The molecule has 9 nitrogen and oxygen atoms in total. The summed E-state index contributed by atoms with van der Waals surface area (Å²) in [6.45, 7) is 11.4. The number of aliphatic hydroxyl groups is 1. The number of carbonyl (C=O) groups excluding carboxylic acids is 1. The SMILES string of the molecule is CCCCOc1ccc(-c2cnc(N3CCC(O)(CNC(=O)OC(C)(C)C)CC3)c(F)c2)c(OCCCC)n1. The fourth-order valence-electron chi connectivity index (χ4n) is 4.14. The molecular formula is C29H43FN4O5. The van der Waals surface area contributed by atoms with Crippen LogP contribution in [0.3, 0.4) is 0 Å². The molecule has 1 saturated heterocycles. The fraction of sp³-hybridized carbons (Fsp3) is 0.621. The molecule has 0 bridgehead atoms. The molecule has 0 spiro atoms. The number of rotatable bonds is 12. The van der Waals surface area contributed by atoms with Gasteiger partial charge in [-0.25, -0.2) is 14.2 Å². The molecule has 1 fully saturated rings. The van der Waals surface area contributed by atoms with Gasteiger partial charge in [-0.2, -0.15) is 4.98 Å². The molecule has 39 heavy (non-hydrogen) atoms. The van der Waals surface area contributed by atoms with Gasteiger partial charge in [-0.3, -0.25) is 0 Å². The first kappa shape index (κ1) is 30.4. The standard InChI is InChI=1S/C29H43FN4O5/c1-6-8-16-37-24-11-10-22(26(33-24)38-17-9-7-2)21-18-23(30)25(31-19-21)34-14-12-29(36,13-15-34)20-32-27(35)39-28(3,4)5/h10-11,18-19,36H,6-9,12-17,20H2,1-5H3,(H,32,35). The molecule has 1 aliphatic heterocycles. The molecule has 216 valence electrons. The average Bonchev–Trinajstić information content (AvgIpc) is 2.88. The minimum absolute atomic E-state index is 0.0660. The Kier molecular flexibility index (Phi) is 10.7. The van der Waals surface area contributed by atoms with E-state index in [4.69, 9.17) is 14.2 Å². The number of anilines is 1. The van der Waals surface area contributed by atoms with E-state index in [9.17, 15) is 9.90 Å². The number of pyridine rings is 2. The molecule has 0 atom stereocenters. The Hall–Kier alpha value is -3.14. The number of unbranched alkanes of at least 4 members (excludes halogenated alkanes) is 2. The number of amides is 1. The number of ether oxygens (including phenoxy) is 3. The summed E-state index contributed by atoms with van der Waals surface area (Å²) in [5, 5.41) is 13.5. The minimum Gasteiger partial charge on any atom is -0.478 e. The van der Waals surface area contributed by atoms with Crippen molar-refractivity contribution in [2.24, 2.45) is 0 Å².